The van der Waals surface area contributed by atoms with Gasteiger partial charge in [-0.1, -0.05) is 302 Å². The Labute approximate surface area is 506 Å². The minimum Gasteiger partial charge on any atom is -0.462 e. The average molecular weight is 1140 g/mol. The van der Waals surface area contributed by atoms with E-state index in [4.69, 9.17) is 14.2 Å². The van der Waals surface area contributed by atoms with Crippen molar-refractivity contribution in [3.05, 3.63) is 134 Å². The third-order valence-electron chi connectivity index (χ3n) is 14.4. The fourth-order valence-electron chi connectivity index (χ4n) is 9.29. The molecule has 466 valence electrons. The second kappa shape index (κ2) is 69.0. The zero-order valence-electron chi connectivity index (χ0n) is 53.5. The third kappa shape index (κ3) is 66.4. The second-order valence-electron chi connectivity index (χ2n) is 22.4. The van der Waals surface area contributed by atoms with E-state index >= 15 is 0 Å². The Morgan fingerprint density at radius 3 is 0.768 bits per heavy atom. The van der Waals surface area contributed by atoms with Gasteiger partial charge in [0.05, 0.1) is 0 Å². The first-order valence-electron chi connectivity index (χ1n) is 34.2. The molecule has 0 saturated carbocycles. The maximum Gasteiger partial charge on any atom is 0.306 e. The van der Waals surface area contributed by atoms with Crippen molar-refractivity contribution in [1.82, 2.24) is 0 Å². The lowest BCUT2D eigenvalue weighted by atomic mass is 10.0. The van der Waals surface area contributed by atoms with Crippen molar-refractivity contribution >= 4 is 17.9 Å². The summed E-state index contributed by atoms with van der Waals surface area (Å²) in [5, 5.41) is 0. The summed E-state index contributed by atoms with van der Waals surface area (Å²) in [4.78, 5) is 38.4. The van der Waals surface area contributed by atoms with Gasteiger partial charge in [-0.05, 0) is 122 Å². The smallest absolute Gasteiger partial charge is 0.306 e. The molecule has 0 radical (unpaired) electrons. The predicted molar refractivity (Wildman–Crippen MR) is 357 cm³/mol. The number of esters is 3. The van der Waals surface area contributed by atoms with Crippen LogP contribution < -0.4 is 0 Å². The Kier molecular flexibility index (Phi) is 65.3. The summed E-state index contributed by atoms with van der Waals surface area (Å²) >= 11 is 0. The summed E-state index contributed by atoms with van der Waals surface area (Å²) in [6.45, 7) is 6.49. The van der Waals surface area contributed by atoms with Crippen LogP contribution in [-0.4, -0.2) is 37.2 Å². The molecule has 1 unspecified atom stereocenters. The van der Waals surface area contributed by atoms with Gasteiger partial charge in [0, 0.05) is 19.3 Å². The van der Waals surface area contributed by atoms with Crippen molar-refractivity contribution in [3.63, 3.8) is 0 Å². The van der Waals surface area contributed by atoms with Gasteiger partial charge in [-0.2, -0.15) is 0 Å². The summed E-state index contributed by atoms with van der Waals surface area (Å²) in [7, 11) is 0. The van der Waals surface area contributed by atoms with Crippen molar-refractivity contribution in [3.8, 4) is 0 Å². The molecule has 0 N–H and O–H groups in total. The molecule has 82 heavy (non-hydrogen) atoms. The first-order valence-corrected chi connectivity index (χ1v) is 34.2. The average Bonchev–Trinajstić information content (AvgIpc) is 3.47. The van der Waals surface area contributed by atoms with Crippen LogP contribution in [0.5, 0.6) is 0 Å². The predicted octanol–water partition coefficient (Wildman–Crippen LogP) is 23.7. The molecule has 0 spiro atoms. The van der Waals surface area contributed by atoms with Crippen molar-refractivity contribution in [2.45, 2.75) is 316 Å². The Morgan fingerprint density at radius 1 is 0.256 bits per heavy atom. The maximum absolute atomic E-state index is 12.9. The van der Waals surface area contributed by atoms with Crippen LogP contribution >= 0.6 is 0 Å². The molecule has 1 atom stereocenters. The normalized spacial score (nSPS) is 13.0. The standard InChI is InChI=1S/C76H126O6/c1-4-7-10-13-16-19-22-25-28-31-33-35-36-37-38-39-40-42-43-45-48-51-54-57-60-63-66-69-75(78)81-72-73(71-80-74(77)68-65-62-59-56-53-50-47-30-27-24-21-18-15-12-9-6-3)82-76(79)70-67-64-61-58-55-52-49-46-44-41-34-32-29-26-23-20-17-14-11-8-5-2/h7,10,16,19,23,25-26,28,32-35,37-38,40,42,44-46,48,54,57,73H,4-6,8-9,11-15,17-18,20-22,24,27,29-31,36,39,41,43,47,49-53,55-56,58-72H2,1-3H3/b10-7-,19-16-,26-23-,28-25-,34-32-,35-33-,38-37-,42-40-,46-44-,48-45-,57-54-. The van der Waals surface area contributed by atoms with Crippen LogP contribution in [0.15, 0.2) is 134 Å². The zero-order chi connectivity index (χ0) is 59.2. The highest BCUT2D eigenvalue weighted by atomic mass is 16.6. The molecule has 0 aliphatic carbocycles. The van der Waals surface area contributed by atoms with Gasteiger partial charge in [-0.3, -0.25) is 14.4 Å². The zero-order valence-corrected chi connectivity index (χ0v) is 53.5. The number of carbonyl (C=O) groups is 3. The van der Waals surface area contributed by atoms with Gasteiger partial charge in [0.25, 0.3) is 0 Å². The highest BCUT2D eigenvalue weighted by Gasteiger charge is 2.19. The van der Waals surface area contributed by atoms with Gasteiger partial charge in [0.1, 0.15) is 13.2 Å². The van der Waals surface area contributed by atoms with Crippen LogP contribution in [0, 0.1) is 0 Å². The molecule has 0 aromatic rings. The minimum atomic E-state index is -0.808. The Morgan fingerprint density at radius 2 is 0.476 bits per heavy atom. The number of allylic oxidation sites excluding steroid dienone is 22. The van der Waals surface area contributed by atoms with E-state index in [1.165, 1.54) is 135 Å². The van der Waals surface area contributed by atoms with Crippen LogP contribution in [0.25, 0.3) is 0 Å². The lowest BCUT2D eigenvalue weighted by molar-refractivity contribution is -0.167. The highest BCUT2D eigenvalue weighted by Crippen LogP contribution is 2.16. The molecule has 0 heterocycles. The molecule has 0 aromatic heterocycles. The van der Waals surface area contributed by atoms with Gasteiger partial charge in [0.2, 0.25) is 0 Å². The first-order chi connectivity index (χ1) is 40.5. The topological polar surface area (TPSA) is 78.9 Å². The number of hydrogen-bond donors (Lipinski definition) is 0. The van der Waals surface area contributed by atoms with E-state index in [9.17, 15) is 14.4 Å². The van der Waals surface area contributed by atoms with E-state index in [0.29, 0.717) is 25.7 Å². The molecule has 0 aliphatic heterocycles. The molecule has 6 heteroatoms. The molecule has 0 saturated heterocycles. The van der Waals surface area contributed by atoms with Crippen molar-refractivity contribution in [1.29, 1.82) is 0 Å². The SMILES string of the molecule is CC/C=C\C/C=C\C/C=C\C/C=C\C/C=C\C/C=C\C/C=C\C/C=C\CCCCC(=O)OCC(COC(=O)CCCCCCCCCCCCCCCCCC)OC(=O)CCCCCCCC/C=C\C/C=C\C/C=C\CCCCCCC. The number of hydrogen-bond acceptors (Lipinski definition) is 6. The van der Waals surface area contributed by atoms with E-state index in [1.807, 2.05) is 0 Å². The Bertz CT molecular complexity index is 1730. The van der Waals surface area contributed by atoms with Crippen molar-refractivity contribution in [2.24, 2.45) is 0 Å². The molecule has 0 aliphatic rings. The Balaban J connectivity index is 4.49. The van der Waals surface area contributed by atoms with Crippen molar-refractivity contribution < 1.29 is 28.6 Å². The molecular formula is C76H126O6. The molecular weight excluding hydrogens is 1010 g/mol. The van der Waals surface area contributed by atoms with Gasteiger partial charge >= 0.3 is 17.9 Å². The van der Waals surface area contributed by atoms with E-state index in [1.54, 1.807) is 0 Å². The summed E-state index contributed by atoms with van der Waals surface area (Å²) in [6, 6.07) is 0. The minimum absolute atomic E-state index is 0.0985. The van der Waals surface area contributed by atoms with Gasteiger partial charge in [-0.25, -0.2) is 0 Å². The molecule has 0 bridgehead atoms. The number of unbranched alkanes of at least 4 members (excludes halogenated alkanes) is 28. The molecule has 6 nitrogen and oxygen atoms in total. The largest absolute Gasteiger partial charge is 0.462 e. The van der Waals surface area contributed by atoms with E-state index < -0.39 is 6.10 Å². The summed E-state index contributed by atoms with van der Waals surface area (Å²) in [5.74, 6) is -0.949. The highest BCUT2D eigenvalue weighted by molar-refractivity contribution is 5.71. The number of carbonyl (C=O) groups excluding carboxylic acids is 3. The van der Waals surface area contributed by atoms with E-state index in [0.717, 1.165) is 128 Å². The molecule has 0 rings (SSSR count). The first kappa shape index (κ1) is 77.5. The quantitative estimate of drug-likeness (QED) is 0.0261. The van der Waals surface area contributed by atoms with Crippen LogP contribution in [0.4, 0.5) is 0 Å². The lowest BCUT2D eigenvalue weighted by Crippen LogP contribution is -2.30. The third-order valence-corrected chi connectivity index (χ3v) is 14.4. The lowest BCUT2D eigenvalue weighted by Gasteiger charge is -2.18. The van der Waals surface area contributed by atoms with Crippen LogP contribution in [-0.2, 0) is 28.6 Å². The van der Waals surface area contributed by atoms with Crippen molar-refractivity contribution in [2.75, 3.05) is 13.2 Å². The second-order valence-corrected chi connectivity index (χ2v) is 22.4. The van der Waals surface area contributed by atoms with Crippen LogP contribution in [0.3, 0.4) is 0 Å². The van der Waals surface area contributed by atoms with Gasteiger partial charge in [0.15, 0.2) is 6.10 Å². The number of rotatable bonds is 61. The Hall–Kier alpha value is -4.45. The summed E-state index contributed by atoms with van der Waals surface area (Å²) < 4.78 is 16.9. The fraction of sp³-hybridized carbons (Fsp3) is 0.671. The van der Waals surface area contributed by atoms with Crippen LogP contribution in [0.1, 0.15) is 310 Å². The summed E-state index contributed by atoms with van der Waals surface area (Å²) in [5.41, 5.74) is 0. The van der Waals surface area contributed by atoms with E-state index in [-0.39, 0.29) is 31.1 Å². The maximum atomic E-state index is 12.9. The summed E-state index contributed by atoms with van der Waals surface area (Å²) in [6.07, 6.45) is 97.4. The molecule has 0 aromatic carbocycles. The van der Waals surface area contributed by atoms with E-state index in [2.05, 4.69) is 154 Å². The van der Waals surface area contributed by atoms with Crippen LogP contribution in [0.2, 0.25) is 0 Å². The van der Waals surface area contributed by atoms with Gasteiger partial charge < -0.3 is 14.2 Å². The molecule has 0 fully saturated rings. The molecule has 0 amide bonds. The number of ether oxygens (including phenoxy) is 3. The monoisotopic (exact) mass is 1130 g/mol. The van der Waals surface area contributed by atoms with Gasteiger partial charge in [-0.15, -0.1) is 0 Å². The fourth-order valence-corrected chi connectivity index (χ4v) is 9.29.